The second-order valence-electron chi connectivity index (χ2n) is 9.03. The third-order valence-electron chi connectivity index (χ3n) is 5.26. The second kappa shape index (κ2) is 8.78. The molecule has 4 rings (SSSR count). The predicted octanol–water partition coefficient (Wildman–Crippen LogP) is 5.30. The van der Waals surface area contributed by atoms with E-state index in [4.69, 9.17) is 0 Å². The Morgan fingerprint density at radius 2 is 1.67 bits per heavy atom. The first-order valence-corrected chi connectivity index (χ1v) is 11.6. The van der Waals surface area contributed by atoms with Gasteiger partial charge in [-0.15, -0.1) is 0 Å². The summed E-state index contributed by atoms with van der Waals surface area (Å²) in [5.74, 6) is -0.523. The molecular formula is C25H27N5O2S. The van der Waals surface area contributed by atoms with Gasteiger partial charge in [0.2, 0.25) is 0 Å². The van der Waals surface area contributed by atoms with Crippen LogP contribution in [0.25, 0.3) is 10.3 Å². The number of aromatic nitrogens is 3. The fourth-order valence-electron chi connectivity index (χ4n) is 3.44. The van der Waals surface area contributed by atoms with Crippen LogP contribution in [0.15, 0.2) is 54.6 Å². The van der Waals surface area contributed by atoms with Crippen LogP contribution in [0.2, 0.25) is 0 Å². The summed E-state index contributed by atoms with van der Waals surface area (Å²) >= 11 is 1.25. The zero-order valence-electron chi connectivity index (χ0n) is 19.3. The van der Waals surface area contributed by atoms with Crippen LogP contribution >= 0.6 is 11.3 Å². The fourth-order valence-corrected chi connectivity index (χ4v) is 4.36. The molecule has 2 N–H and O–H groups in total. The number of hydrogen-bond acceptors (Lipinski definition) is 5. The van der Waals surface area contributed by atoms with Crippen molar-refractivity contribution in [2.24, 2.45) is 0 Å². The monoisotopic (exact) mass is 461 g/mol. The van der Waals surface area contributed by atoms with E-state index < -0.39 is 5.54 Å². The first kappa shape index (κ1) is 22.7. The van der Waals surface area contributed by atoms with Gasteiger partial charge in [-0.1, -0.05) is 59.4 Å². The highest BCUT2D eigenvalue weighted by atomic mass is 32.1. The van der Waals surface area contributed by atoms with Crippen LogP contribution in [0.5, 0.6) is 0 Å². The summed E-state index contributed by atoms with van der Waals surface area (Å²) in [5, 5.41) is 10.9. The lowest BCUT2D eigenvalue weighted by Gasteiger charge is -2.19. The highest BCUT2D eigenvalue weighted by Gasteiger charge is 2.28. The van der Waals surface area contributed by atoms with Crippen molar-refractivity contribution in [2.45, 2.75) is 46.2 Å². The first-order valence-electron chi connectivity index (χ1n) is 10.8. The Labute approximate surface area is 196 Å². The summed E-state index contributed by atoms with van der Waals surface area (Å²) in [6.07, 6.45) is 0. The second-order valence-corrected chi connectivity index (χ2v) is 10.0. The lowest BCUT2D eigenvalue weighted by molar-refractivity contribution is 0.0934. The number of nitrogens with zero attached hydrogens (tertiary/aromatic N) is 3. The zero-order chi connectivity index (χ0) is 23.8. The van der Waals surface area contributed by atoms with E-state index in [-0.39, 0.29) is 17.9 Å². The van der Waals surface area contributed by atoms with Gasteiger partial charge in [-0.3, -0.25) is 14.9 Å². The Kier molecular flexibility index (Phi) is 6.03. The van der Waals surface area contributed by atoms with Crippen molar-refractivity contribution in [1.29, 1.82) is 0 Å². The lowest BCUT2D eigenvalue weighted by atomic mass is 10.1. The summed E-state index contributed by atoms with van der Waals surface area (Å²) in [6, 6.07) is 16.9. The van der Waals surface area contributed by atoms with Gasteiger partial charge in [0.25, 0.3) is 11.8 Å². The van der Waals surface area contributed by atoms with Crippen molar-refractivity contribution < 1.29 is 9.59 Å². The highest BCUT2D eigenvalue weighted by Crippen LogP contribution is 2.32. The van der Waals surface area contributed by atoms with Gasteiger partial charge in [-0.25, -0.2) is 4.68 Å². The molecule has 170 valence electrons. The van der Waals surface area contributed by atoms with Gasteiger partial charge in [0.15, 0.2) is 16.5 Å². The van der Waals surface area contributed by atoms with Gasteiger partial charge in [0.05, 0.1) is 11.6 Å². The molecule has 0 saturated carbocycles. The van der Waals surface area contributed by atoms with E-state index in [1.54, 1.807) is 16.8 Å². The number of benzene rings is 2. The van der Waals surface area contributed by atoms with Gasteiger partial charge in [0, 0.05) is 5.56 Å². The number of hydrogen-bond donors (Lipinski definition) is 2. The maximum absolute atomic E-state index is 13.2. The average Bonchev–Trinajstić information content (AvgIpc) is 3.32. The summed E-state index contributed by atoms with van der Waals surface area (Å²) in [6.45, 7) is 9.90. The standard InChI is InChI=1S/C25H27N5O2S/c1-15-11-13-18(14-12-15)22(31)28-24-27-21-20(33-24)19(29-30(21)25(3,4)5)23(32)26-16(2)17-9-7-6-8-10-17/h6-14,16H,1-5H3,(H,26,32)(H,27,28,31)/t16-/m0/s1. The SMILES string of the molecule is Cc1ccc(C(=O)Nc2nc3c(s2)c(C(=O)N[C@@H](C)c2ccccc2)nn3C(C)(C)C)cc1. The van der Waals surface area contributed by atoms with Gasteiger partial charge >= 0.3 is 0 Å². The third kappa shape index (κ3) is 4.80. The Morgan fingerprint density at radius 1 is 1.00 bits per heavy atom. The number of thiazole rings is 1. The molecule has 0 aliphatic rings. The normalized spacial score (nSPS) is 12.5. The minimum Gasteiger partial charge on any atom is -0.344 e. The number of fused-ring (bicyclic) bond motifs is 1. The van der Waals surface area contributed by atoms with Gasteiger partial charge in [0.1, 0.15) is 4.70 Å². The number of nitrogens with one attached hydrogen (secondary N) is 2. The molecule has 0 saturated heterocycles. The van der Waals surface area contributed by atoms with Crippen LogP contribution in [0.3, 0.4) is 0 Å². The van der Waals surface area contributed by atoms with Crippen LogP contribution in [-0.2, 0) is 5.54 Å². The Hall–Kier alpha value is -3.52. The molecule has 0 aliphatic carbocycles. The first-order chi connectivity index (χ1) is 15.6. The van der Waals surface area contributed by atoms with E-state index in [1.165, 1.54) is 11.3 Å². The quantitative estimate of drug-likeness (QED) is 0.422. The van der Waals surface area contributed by atoms with E-state index >= 15 is 0 Å². The maximum Gasteiger partial charge on any atom is 0.273 e. The summed E-state index contributed by atoms with van der Waals surface area (Å²) in [4.78, 5) is 30.5. The van der Waals surface area contributed by atoms with Crippen LogP contribution in [0, 0.1) is 6.92 Å². The van der Waals surface area contributed by atoms with Crippen molar-refractivity contribution in [3.05, 3.63) is 77.0 Å². The minimum absolute atomic E-state index is 0.179. The van der Waals surface area contributed by atoms with Gasteiger partial charge < -0.3 is 5.32 Å². The van der Waals surface area contributed by atoms with Crippen molar-refractivity contribution in [1.82, 2.24) is 20.1 Å². The molecule has 0 bridgehead atoms. The third-order valence-corrected chi connectivity index (χ3v) is 6.22. The molecule has 8 heteroatoms. The number of aryl methyl sites for hydroxylation is 1. The van der Waals surface area contributed by atoms with Crippen molar-refractivity contribution in [3.8, 4) is 0 Å². The number of anilines is 1. The van der Waals surface area contributed by atoms with E-state index in [0.29, 0.717) is 26.7 Å². The van der Waals surface area contributed by atoms with Crippen molar-refractivity contribution in [2.75, 3.05) is 5.32 Å². The van der Waals surface area contributed by atoms with Crippen LogP contribution < -0.4 is 10.6 Å². The maximum atomic E-state index is 13.2. The van der Waals surface area contributed by atoms with Crippen LogP contribution in [0.4, 0.5) is 5.13 Å². The zero-order valence-corrected chi connectivity index (χ0v) is 20.2. The van der Waals surface area contributed by atoms with Gasteiger partial charge in [-0.05, 0) is 52.3 Å². The molecule has 0 unspecified atom stereocenters. The van der Waals surface area contributed by atoms with Gasteiger partial charge in [-0.2, -0.15) is 10.1 Å². The summed E-state index contributed by atoms with van der Waals surface area (Å²) in [5.41, 5.74) is 3.12. The molecule has 2 aromatic heterocycles. The largest absolute Gasteiger partial charge is 0.344 e. The molecule has 33 heavy (non-hydrogen) atoms. The van der Waals surface area contributed by atoms with E-state index in [9.17, 15) is 9.59 Å². The number of rotatable bonds is 5. The Balaban J connectivity index is 1.65. The highest BCUT2D eigenvalue weighted by molar-refractivity contribution is 7.22. The topological polar surface area (TPSA) is 88.9 Å². The number of carbonyl (C=O) groups excluding carboxylic acids is 2. The van der Waals surface area contributed by atoms with E-state index in [1.807, 2.05) is 77.1 Å². The molecule has 0 spiro atoms. The fraction of sp³-hybridized carbons (Fsp3) is 0.280. The molecule has 2 aromatic carbocycles. The van der Waals surface area contributed by atoms with Crippen molar-refractivity contribution >= 4 is 38.6 Å². The smallest absolute Gasteiger partial charge is 0.273 e. The number of carbonyl (C=O) groups is 2. The summed E-state index contributed by atoms with van der Waals surface area (Å²) in [7, 11) is 0. The molecule has 4 aromatic rings. The number of amides is 2. The Bertz CT molecular complexity index is 1300. The minimum atomic E-state index is -0.395. The van der Waals surface area contributed by atoms with Crippen LogP contribution in [-0.4, -0.2) is 26.6 Å². The van der Waals surface area contributed by atoms with E-state index in [0.717, 1.165) is 11.1 Å². The molecule has 2 heterocycles. The molecule has 0 aliphatic heterocycles. The average molecular weight is 462 g/mol. The molecule has 1 atom stereocenters. The molecule has 7 nitrogen and oxygen atoms in total. The Morgan fingerprint density at radius 3 is 2.30 bits per heavy atom. The van der Waals surface area contributed by atoms with E-state index in [2.05, 4.69) is 20.7 Å². The molecular weight excluding hydrogens is 434 g/mol. The molecule has 2 amide bonds. The molecule has 0 radical (unpaired) electrons. The summed E-state index contributed by atoms with van der Waals surface area (Å²) < 4.78 is 2.38. The van der Waals surface area contributed by atoms with Crippen LogP contribution in [0.1, 0.15) is 65.7 Å². The molecule has 0 fully saturated rings. The lowest BCUT2D eigenvalue weighted by Crippen LogP contribution is -2.28. The van der Waals surface area contributed by atoms with Crippen molar-refractivity contribution in [3.63, 3.8) is 0 Å². The predicted molar refractivity (Wildman–Crippen MR) is 132 cm³/mol.